The summed E-state index contributed by atoms with van der Waals surface area (Å²) >= 11 is 0. The summed E-state index contributed by atoms with van der Waals surface area (Å²) in [6, 6.07) is 37.1. The van der Waals surface area contributed by atoms with Gasteiger partial charge in [0.25, 0.3) is 0 Å². The van der Waals surface area contributed by atoms with Crippen molar-refractivity contribution in [2.75, 3.05) is 0 Å². The van der Waals surface area contributed by atoms with Crippen molar-refractivity contribution < 1.29 is 9.31 Å². The minimum absolute atomic E-state index is 0.462. The van der Waals surface area contributed by atoms with E-state index in [4.69, 9.17) is 24.3 Å². The van der Waals surface area contributed by atoms with Crippen molar-refractivity contribution in [2.45, 2.75) is 38.9 Å². The fourth-order valence-electron chi connectivity index (χ4n) is 4.64. The zero-order chi connectivity index (χ0) is 27.0. The van der Waals surface area contributed by atoms with Crippen LogP contribution in [0.25, 0.3) is 45.0 Å². The Bertz CT molecular complexity index is 1500. The van der Waals surface area contributed by atoms with Gasteiger partial charge in [-0.25, -0.2) is 15.0 Å². The lowest BCUT2D eigenvalue weighted by Gasteiger charge is -2.32. The second-order valence-corrected chi connectivity index (χ2v) is 10.8. The monoisotopic (exact) mass is 511 g/mol. The molecule has 0 unspecified atom stereocenters. The van der Waals surface area contributed by atoms with Crippen LogP contribution < -0.4 is 5.72 Å². The Kier molecular flexibility index (Phi) is 6.38. The maximum atomic E-state index is 6.34. The van der Waals surface area contributed by atoms with E-state index in [0.717, 1.165) is 33.4 Å². The first-order valence-corrected chi connectivity index (χ1v) is 13.2. The molecule has 0 spiro atoms. The molecule has 1 aliphatic heterocycles. The van der Waals surface area contributed by atoms with Crippen LogP contribution in [0.2, 0.25) is 0 Å². The molecule has 0 radical (unpaired) electrons. The Morgan fingerprint density at radius 3 is 1.28 bits per heavy atom. The van der Waals surface area contributed by atoms with Gasteiger partial charge in [-0.05, 0) is 62.1 Å². The highest BCUT2D eigenvalue weighted by molar-refractivity contribution is 6.60. The second-order valence-electron chi connectivity index (χ2n) is 10.8. The largest absolute Gasteiger partial charge is 0.534 e. The fourth-order valence-corrected chi connectivity index (χ4v) is 4.64. The lowest BCUT2D eigenvalue weighted by atomic mass is 9.88. The highest BCUT2D eigenvalue weighted by Gasteiger charge is 2.53. The standard InChI is InChI=1S/C33H30BN3O2/c1-32(2)33(3,4)39-34(38-32)31-36-29(27-19-11-17-25(21-27)23-13-7-5-8-14-23)35-30(37-31)28-20-12-18-26(22-28)24-15-9-6-10-16-24/h5-22H,1-4H3. The van der Waals surface area contributed by atoms with E-state index in [1.54, 1.807) is 0 Å². The van der Waals surface area contributed by atoms with Crippen LogP contribution in [0.15, 0.2) is 109 Å². The Morgan fingerprint density at radius 2 is 0.846 bits per heavy atom. The molecule has 0 amide bonds. The van der Waals surface area contributed by atoms with Crippen LogP contribution in [-0.4, -0.2) is 33.3 Å². The molecular formula is C33H30BN3O2. The van der Waals surface area contributed by atoms with Crippen LogP contribution in [0, 0.1) is 0 Å². The van der Waals surface area contributed by atoms with Gasteiger partial charge in [0.1, 0.15) is 0 Å². The van der Waals surface area contributed by atoms with Crippen LogP contribution in [-0.2, 0) is 9.31 Å². The second kappa shape index (κ2) is 9.88. The van der Waals surface area contributed by atoms with Gasteiger partial charge in [0.05, 0.1) is 11.2 Å². The normalized spacial score (nSPS) is 15.8. The van der Waals surface area contributed by atoms with Crippen LogP contribution in [0.5, 0.6) is 0 Å². The third-order valence-electron chi connectivity index (χ3n) is 7.57. The highest BCUT2D eigenvalue weighted by Crippen LogP contribution is 2.36. The molecule has 1 aromatic heterocycles. The molecular weight excluding hydrogens is 481 g/mol. The van der Waals surface area contributed by atoms with E-state index >= 15 is 0 Å². The van der Waals surface area contributed by atoms with E-state index in [-0.39, 0.29) is 0 Å². The third kappa shape index (κ3) is 5.01. The van der Waals surface area contributed by atoms with E-state index in [1.165, 1.54) is 0 Å². The molecule has 5 nitrogen and oxygen atoms in total. The average molecular weight is 511 g/mol. The summed E-state index contributed by atoms with van der Waals surface area (Å²) < 4.78 is 12.7. The van der Waals surface area contributed by atoms with Gasteiger partial charge in [-0.15, -0.1) is 0 Å². The van der Waals surface area contributed by atoms with Gasteiger partial charge >= 0.3 is 7.12 Å². The molecule has 1 aliphatic rings. The van der Waals surface area contributed by atoms with Gasteiger partial charge in [0, 0.05) is 11.1 Å². The lowest BCUT2D eigenvalue weighted by molar-refractivity contribution is 0.00578. The van der Waals surface area contributed by atoms with Crippen molar-refractivity contribution in [3.05, 3.63) is 109 Å². The molecule has 0 N–H and O–H groups in total. The van der Waals surface area contributed by atoms with Crippen molar-refractivity contribution in [1.82, 2.24) is 15.0 Å². The van der Waals surface area contributed by atoms with Crippen molar-refractivity contribution in [3.63, 3.8) is 0 Å². The summed E-state index contributed by atoms with van der Waals surface area (Å²) in [5.74, 6) is 1.15. The zero-order valence-electron chi connectivity index (χ0n) is 22.6. The highest BCUT2D eigenvalue weighted by atomic mass is 16.7. The Balaban J connectivity index is 1.48. The number of benzene rings is 4. The summed E-state index contributed by atoms with van der Waals surface area (Å²) in [6.07, 6.45) is 0. The molecule has 1 saturated heterocycles. The number of rotatable bonds is 5. The van der Waals surface area contributed by atoms with Crippen molar-refractivity contribution in [2.24, 2.45) is 0 Å². The van der Waals surface area contributed by atoms with Gasteiger partial charge < -0.3 is 9.31 Å². The predicted molar refractivity (Wildman–Crippen MR) is 157 cm³/mol. The summed E-state index contributed by atoms with van der Waals surface area (Å²) in [7, 11) is -0.704. The van der Waals surface area contributed by atoms with Crippen molar-refractivity contribution in [1.29, 1.82) is 0 Å². The average Bonchev–Trinajstić information content (AvgIpc) is 3.20. The third-order valence-corrected chi connectivity index (χ3v) is 7.57. The molecule has 5 aromatic rings. The topological polar surface area (TPSA) is 57.1 Å². The minimum Gasteiger partial charge on any atom is -0.397 e. The molecule has 4 aromatic carbocycles. The number of hydrogen-bond donors (Lipinski definition) is 0. The lowest BCUT2D eigenvalue weighted by Crippen LogP contribution is -2.41. The van der Waals surface area contributed by atoms with Crippen LogP contribution in [0.1, 0.15) is 27.7 Å². The first kappa shape index (κ1) is 25.2. The van der Waals surface area contributed by atoms with Gasteiger partial charge in [-0.2, -0.15) is 0 Å². The van der Waals surface area contributed by atoms with Crippen LogP contribution in [0.3, 0.4) is 0 Å². The molecule has 2 heterocycles. The van der Waals surface area contributed by atoms with E-state index in [2.05, 4.69) is 48.5 Å². The molecule has 39 heavy (non-hydrogen) atoms. The van der Waals surface area contributed by atoms with Crippen LogP contribution >= 0.6 is 0 Å². The maximum absolute atomic E-state index is 6.34. The van der Waals surface area contributed by atoms with Crippen molar-refractivity contribution in [3.8, 4) is 45.0 Å². The number of nitrogens with zero attached hydrogens (tertiary/aromatic N) is 3. The minimum atomic E-state index is -0.704. The summed E-state index contributed by atoms with van der Waals surface area (Å²) in [4.78, 5) is 14.7. The van der Waals surface area contributed by atoms with E-state index < -0.39 is 18.3 Å². The molecule has 0 bridgehead atoms. The van der Waals surface area contributed by atoms with Crippen LogP contribution in [0.4, 0.5) is 0 Å². The van der Waals surface area contributed by atoms with E-state index in [1.807, 2.05) is 88.4 Å². The quantitative estimate of drug-likeness (QED) is 0.242. The van der Waals surface area contributed by atoms with Gasteiger partial charge in [0.15, 0.2) is 17.4 Å². The molecule has 6 heteroatoms. The summed E-state index contributed by atoms with van der Waals surface area (Å²) in [6.45, 7) is 8.12. The van der Waals surface area contributed by atoms with E-state index in [0.29, 0.717) is 17.4 Å². The molecule has 1 fully saturated rings. The molecule has 0 atom stereocenters. The Hall–Kier alpha value is -4.13. The first-order valence-electron chi connectivity index (χ1n) is 13.2. The zero-order valence-corrected chi connectivity index (χ0v) is 22.6. The Morgan fingerprint density at radius 1 is 0.462 bits per heavy atom. The SMILES string of the molecule is CC1(C)OB(c2nc(-c3cccc(-c4ccccc4)c3)nc(-c3cccc(-c4ccccc4)c3)n2)OC1(C)C. The molecule has 0 aliphatic carbocycles. The Labute approximate surface area is 230 Å². The smallest absolute Gasteiger partial charge is 0.397 e. The van der Waals surface area contributed by atoms with Gasteiger partial charge in [-0.3, -0.25) is 0 Å². The molecule has 192 valence electrons. The first-order chi connectivity index (χ1) is 18.8. The number of aromatic nitrogens is 3. The summed E-state index contributed by atoms with van der Waals surface area (Å²) in [5.41, 5.74) is 5.70. The molecule has 0 saturated carbocycles. The molecule has 6 rings (SSSR count). The maximum Gasteiger partial charge on any atom is 0.534 e. The predicted octanol–water partition coefficient (Wildman–Crippen LogP) is 6.84. The van der Waals surface area contributed by atoms with E-state index in [9.17, 15) is 0 Å². The number of hydrogen-bond acceptors (Lipinski definition) is 5. The van der Waals surface area contributed by atoms with Gasteiger partial charge in [0.2, 0.25) is 0 Å². The fraction of sp³-hybridized carbons (Fsp3) is 0.182. The summed E-state index contributed by atoms with van der Waals surface area (Å²) in [5, 5.41) is 0. The van der Waals surface area contributed by atoms with Gasteiger partial charge in [-0.1, -0.05) is 97.1 Å². The van der Waals surface area contributed by atoms with Crippen molar-refractivity contribution >= 4 is 12.8 Å².